The van der Waals surface area contributed by atoms with Gasteiger partial charge < -0.3 is 9.52 Å². The number of benzene rings is 1. The van der Waals surface area contributed by atoms with Crippen LogP contribution in [-0.4, -0.2) is 11.1 Å². The van der Waals surface area contributed by atoms with E-state index in [1.165, 1.54) is 35.1 Å². The first-order valence-corrected chi connectivity index (χ1v) is 10.4. The minimum absolute atomic E-state index is 0.199. The van der Waals surface area contributed by atoms with Crippen LogP contribution in [0.25, 0.3) is 6.08 Å². The lowest BCUT2D eigenvalue weighted by molar-refractivity contribution is -0.131. The number of rotatable bonds is 3. The van der Waals surface area contributed by atoms with Crippen LogP contribution in [0.5, 0.6) is 0 Å². The monoisotopic (exact) mass is 378 g/mol. The molecule has 0 saturated carbocycles. The van der Waals surface area contributed by atoms with E-state index >= 15 is 0 Å². The molecule has 0 amide bonds. The Morgan fingerprint density at radius 3 is 2.54 bits per heavy atom. The first-order valence-electron chi connectivity index (χ1n) is 10.4. The molecule has 1 aromatic carbocycles. The first kappa shape index (κ1) is 19.0. The van der Waals surface area contributed by atoms with Gasteiger partial charge in [0.1, 0.15) is 11.5 Å². The highest BCUT2D eigenvalue weighted by atomic mass is 16.4. The van der Waals surface area contributed by atoms with E-state index in [-0.39, 0.29) is 10.8 Å². The van der Waals surface area contributed by atoms with E-state index in [0.29, 0.717) is 11.7 Å². The van der Waals surface area contributed by atoms with Crippen molar-refractivity contribution in [2.24, 2.45) is 0 Å². The van der Waals surface area contributed by atoms with Crippen molar-refractivity contribution in [3.63, 3.8) is 0 Å². The average Bonchev–Trinajstić information content (AvgIpc) is 3.07. The maximum absolute atomic E-state index is 10.8. The van der Waals surface area contributed by atoms with E-state index < -0.39 is 5.97 Å². The summed E-state index contributed by atoms with van der Waals surface area (Å²) in [4.78, 5) is 10.8. The Morgan fingerprint density at radius 2 is 1.82 bits per heavy atom. The predicted molar refractivity (Wildman–Crippen MR) is 112 cm³/mol. The fourth-order valence-corrected chi connectivity index (χ4v) is 4.98. The molecule has 0 fully saturated rings. The van der Waals surface area contributed by atoms with Crippen molar-refractivity contribution in [3.05, 3.63) is 64.1 Å². The normalized spacial score (nSPS) is 22.6. The number of aryl methyl sites for hydroxylation is 1. The van der Waals surface area contributed by atoms with Gasteiger partial charge >= 0.3 is 5.97 Å². The van der Waals surface area contributed by atoms with Gasteiger partial charge in [0, 0.05) is 24.0 Å². The molecular weight excluding hydrogens is 348 g/mol. The molecule has 1 N–H and O–H groups in total. The summed E-state index contributed by atoms with van der Waals surface area (Å²) in [6.45, 7) is 9.45. The van der Waals surface area contributed by atoms with E-state index in [9.17, 15) is 4.79 Å². The van der Waals surface area contributed by atoms with Gasteiger partial charge in [-0.25, -0.2) is 4.79 Å². The van der Waals surface area contributed by atoms with Crippen LogP contribution in [0.15, 0.2) is 34.8 Å². The van der Waals surface area contributed by atoms with Gasteiger partial charge in [-0.2, -0.15) is 0 Å². The molecule has 148 valence electrons. The molecule has 0 radical (unpaired) electrons. The van der Waals surface area contributed by atoms with Crippen molar-refractivity contribution < 1.29 is 14.3 Å². The van der Waals surface area contributed by atoms with Crippen molar-refractivity contribution in [1.29, 1.82) is 0 Å². The molecule has 28 heavy (non-hydrogen) atoms. The van der Waals surface area contributed by atoms with Crippen LogP contribution in [0.4, 0.5) is 0 Å². The van der Waals surface area contributed by atoms with Crippen molar-refractivity contribution >= 4 is 12.0 Å². The van der Waals surface area contributed by atoms with Gasteiger partial charge in [-0.05, 0) is 65.3 Å². The van der Waals surface area contributed by atoms with Gasteiger partial charge in [0.15, 0.2) is 0 Å². The predicted octanol–water partition coefficient (Wildman–Crippen LogP) is 6.19. The van der Waals surface area contributed by atoms with Crippen LogP contribution in [-0.2, 0) is 22.0 Å². The molecule has 1 atom stereocenters. The molecule has 1 aromatic heterocycles. The number of carboxylic acids is 1. The van der Waals surface area contributed by atoms with Crippen LogP contribution in [0.1, 0.15) is 93.1 Å². The van der Waals surface area contributed by atoms with Gasteiger partial charge in [-0.1, -0.05) is 45.9 Å². The van der Waals surface area contributed by atoms with Crippen LogP contribution in [0.3, 0.4) is 0 Å². The summed E-state index contributed by atoms with van der Waals surface area (Å²) in [6, 6.07) is 9.13. The van der Waals surface area contributed by atoms with Crippen LogP contribution < -0.4 is 0 Å². The number of fused-ring (bicyclic) bond motifs is 2. The quantitative estimate of drug-likeness (QED) is 0.647. The van der Waals surface area contributed by atoms with Gasteiger partial charge in [0.25, 0.3) is 0 Å². The van der Waals surface area contributed by atoms with Crippen molar-refractivity contribution in [1.82, 2.24) is 0 Å². The maximum atomic E-state index is 10.8. The Balaban J connectivity index is 1.75. The van der Waals surface area contributed by atoms with Crippen LogP contribution >= 0.6 is 0 Å². The first-order chi connectivity index (χ1) is 13.2. The summed E-state index contributed by atoms with van der Waals surface area (Å²) in [7, 11) is 0. The summed E-state index contributed by atoms with van der Waals surface area (Å²) in [5, 5.41) is 8.88. The van der Waals surface area contributed by atoms with Gasteiger partial charge in [-0.3, -0.25) is 0 Å². The Kier molecular flexibility index (Phi) is 4.52. The molecule has 2 aliphatic carbocycles. The van der Waals surface area contributed by atoms with Crippen molar-refractivity contribution in [3.8, 4) is 0 Å². The minimum atomic E-state index is -0.953. The second kappa shape index (κ2) is 6.65. The lowest BCUT2D eigenvalue weighted by Gasteiger charge is -2.42. The highest BCUT2D eigenvalue weighted by Gasteiger charge is 2.37. The fraction of sp³-hybridized carbons (Fsp3) is 0.480. The topological polar surface area (TPSA) is 50.4 Å². The van der Waals surface area contributed by atoms with Crippen molar-refractivity contribution in [2.75, 3.05) is 0 Å². The molecule has 1 unspecified atom stereocenters. The van der Waals surface area contributed by atoms with E-state index in [1.807, 2.05) is 6.07 Å². The van der Waals surface area contributed by atoms with E-state index in [0.717, 1.165) is 31.1 Å². The largest absolute Gasteiger partial charge is 0.478 e. The summed E-state index contributed by atoms with van der Waals surface area (Å²) in [5.41, 5.74) is 5.99. The molecule has 0 bridgehead atoms. The maximum Gasteiger partial charge on any atom is 0.328 e. The van der Waals surface area contributed by atoms with Gasteiger partial charge in [0.2, 0.25) is 0 Å². The number of carbonyl (C=O) groups is 1. The molecule has 4 rings (SSSR count). The Hall–Kier alpha value is -2.29. The molecule has 3 heteroatoms. The highest BCUT2D eigenvalue weighted by Crippen LogP contribution is 2.48. The second-order valence-electron chi connectivity index (χ2n) is 9.72. The summed E-state index contributed by atoms with van der Waals surface area (Å²) in [6.07, 6.45) is 8.26. The summed E-state index contributed by atoms with van der Waals surface area (Å²) in [5.74, 6) is 1.02. The molecule has 3 nitrogen and oxygen atoms in total. The molecule has 1 heterocycles. The number of furan rings is 1. The lowest BCUT2D eigenvalue weighted by Crippen LogP contribution is -2.34. The molecule has 2 aliphatic rings. The second-order valence-corrected chi connectivity index (χ2v) is 9.72. The molecular formula is C25H30O3. The van der Waals surface area contributed by atoms with Crippen molar-refractivity contribution in [2.45, 2.75) is 76.5 Å². The summed E-state index contributed by atoms with van der Waals surface area (Å²) >= 11 is 0. The highest BCUT2D eigenvalue weighted by molar-refractivity contribution is 5.84. The number of hydrogen-bond donors (Lipinski definition) is 1. The van der Waals surface area contributed by atoms with Gasteiger partial charge in [-0.15, -0.1) is 0 Å². The van der Waals surface area contributed by atoms with Crippen LogP contribution in [0.2, 0.25) is 0 Å². The Labute approximate surface area is 167 Å². The number of hydrogen-bond acceptors (Lipinski definition) is 2. The smallest absolute Gasteiger partial charge is 0.328 e. The fourth-order valence-electron chi connectivity index (χ4n) is 4.98. The van der Waals surface area contributed by atoms with E-state index in [4.69, 9.17) is 9.52 Å². The van der Waals surface area contributed by atoms with Crippen LogP contribution in [0, 0.1) is 0 Å². The zero-order chi connectivity index (χ0) is 20.1. The zero-order valence-corrected chi connectivity index (χ0v) is 17.3. The zero-order valence-electron chi connectivity index (χ0n) is 17.3. The third-order valence-electron chi connectivity index (χ3n) is 6.80. The third-order valence-corrected chi connectivity index (χ3v) is 6.80. The van der Waals surface area contributed by atoms with Gasteiger partial charge in [0.05, 0.1) is 0 Å². The standard InChI is InChI=1S/C25H30O3/c1-24(2)12-13-25(3,4)21-14-16(8-10-20(21)24)18-6-5-7-22-19(18)15-17(28-22)9-11-23(26)27/h8-11,14-15,18H,5-7,12-13H2,1-4H3,(H,26,27)/b11-9+. The number of carboxylic acid groups (broad SMARTS) is 1. The Bertz CT molecular complexity index is 943. The Morgan fingerprint density at radius 1 is 1.11 bits per heavy atom. The SMILES string of the molecule is CC1(C)CCC(C)(C)c2cc(C3CCCc4oc(/C=C/C(=O)O)cc43)ccc21. The number of aliphatic carboxylic acids is 1. The van der Waals surface area contributed by atoms with E-state index in [1.54, 1.807) is 6.08 Å². The lowest BCUT2D eigenvalue weighted by atomic mass is 9.62. The third kappa shape index (κ3) is 3.32. The molecule has 0 spiro atoms. The average molecular weight is 379 g/mol. The minimum Gasteiger partial charge on any atom is -0.478 e. The molecule has 2 aromatic rings. The summed E-state index contributed by atoms with van der Waals surface area (Å²) < 4.78 is 5.94. The van der Waals surface area contributed by atoms with E-state index in [2.05, 4.69) is 45.9 Å². The molecule has 0 aliphatic heterocycles. The molecule has 0 saturated heterocycles.